The number of carbonyl (C=O) groups excluding carboxylic acids is 2. The lowest BCUT2D eigenvalue weighted by Gasteiger charge is -2.23. The van der Waals surface area contributed by atoms with E-state index in [0.29, 0.717) is 119 Å². The highest BCUT2D eigenvalue weighted by Crippen LogP contribution is 2.45. The van der Waals surface area contributed by atoms with Crippen LogP contribution in [-0.4, -0.2) is 44.8 Å². The van der Waals surface area contributed by atoms with E-state index in [4.69, 9.17) is 33.2 Å². The molecule has 117 heavy (non-hydrogen) atoms. The molecule has 7 rings (SSSR count). The van der Waals surface area contributed by atoms with E-state index in [1.54, 1.807) is 24.3 Å². The third-order valence-corrected chi connectivity index (χ3v) is 21.8. The summed E-state index contributed by atoms with van der Waals surface area (Å²) in [5.74, 6) is 7.07. The first-order valence-corrected chi connectivity index (χ1v) is 45.9. The summed E-state index contributed by atoms with van der Waals surface area (Å²) in [7, 11) is 0. The molecule has 0 aliphatic heterocycles. The van der Waals surface area contributed by atoms with Gasteiger partial charge in [-0.15, -0.1) is 0 Å². The fourth-order valence-corrected chi connectivity index (χ4v) is 14.3. The normalized spacial score (nSPS) is 12.1. The highest BCUT2D eigenvalue weighted by Gasteiger charge is 2.25. The number of anilines is 2. The Labute approximate surface area is 706 Å². The summed E-state index contributed by atoms with van der Waals surface area (Å²) in [6.07, 6.45) is 46.2. The number of hydrogen-bond donors (Lipinski definition) is 2. The van der Waals surface area contributed by atoms with E-state index >= 15 is 0 Å². The van der Waals surface area contributed by atoms with Crippen LogP contribution in [0.2, 0.25) is 0 Å². The van der Waals surface area contributed by atoms with Crippen molar-refractivity contribution >= 4 is 45.9 Å². The number of nitrogens with zero attached hydrogens (tertiary/aromatic N) is 4. The van der Waals surface area contributed by atoms with Crippen LogP contribution >= 0.6 is 0 Å². The second-order valence-electron chi connectivity index (χ2n) is 33.4. The average molecular weight is 1600 g/mol. The molecule has 0 fully saturated rings. The minimum atomic E-state index is -0.202. The van der Waals surface area contributed by atoms with E-state index in [0.717, 1.165) is 85.8 Å². The second kappa shape index (κ2) is 59.0. The summed E-state index contributed by atoms with van der Waals surface area (Å²) in [6, 6.07) is 46.7. The van der Waals surface area contributed by atoms with Gasteiger partial charge in [-0.05, 0) is 207 Å². The Hall–Kier alpha value is -8.72. The summed E-state index contributed by atoms with van der Waals surface area (Å²) < 4.78 is 46.7. The predicted octanol–water partition coefficient (Wildman–Crippen LogP) is 31.5. The number of rotatable bonds is 66. The van der Waals surface area contributed by atoms with Crippen LogP contribution in [0.15, 0.2) is 172 Å². The van der Waals surface area contributed by atoms with Crippen molar-refractivity contribution in [3.8, 4) is 40.2 Å². The number of ether oxygens (including phenoxy) is 7. The fourth-order valence-electron chi connectivity index (χ4n) is 14.3. The number of nitrogens with one attached hydrogen (secondary N) is 2. The molecule has 2 N–H and O–H groups in total. The van der Waals surface area contributed by atoms with E-state index in [-0.39, 0.29) is 25.0 Å². The molecule has 0 radical (unpaired) electrons. The maximum Gasteiger partial charge on any atom is 0.255 e. The molecule has 0 heterocycles. The monoisotopic (exact) mass is 1600 g/mol. The lowest BCUT2D eigenvalue weighted by Crippen LogP contribution is -2.12. The Morgan fingerprint density at radius 2 is 0.538 bits per heavy atom. The Balaban J connectivity index is 1.05. The molecular formula is C102H148N6O9. The van der Waals surface area contributed by atoms with Crippen molar-refractivity contribution in [2.75, 3.05) is 43.7 Å². The van der Waals surface area contributed by atoms with Gasteiger partial charge in [0.25, 0.3) is 11.8 Å². The Morgan fingerprint density at radius 1 is 0.274 bits per heavy atom. The summed E-state index contributed by atoms with van der Waals surface area (Å²) in [5.41, 5.74) is 6.69. The Morgan fingerprint density at radius 3 is 0.838 bits per heavy atom. The quantitative estimate of drug-likeness (QED) is 0.0278. The van der Waals surface area contributed by atoms with Crippen LogP contribution in [-0.2, 0) is 13.2 Å². The molecule has 15 nitrogen and oxygen atoms in total. The highest BCUT2D eigenvalue weighted by atomic mass is 16.5. The van der Waals surface area contributed by atoms with Gasteiger partial charge < -0.3 is 43.8 Å². The van der Waals surface area contributed by atoms with Gasteiger partial charge in [-0.25, -0.2) is 0 Å². The van der Waals surface area contributed by atoms with Crippen LogP contribution < -0.4 is 43.8 Å². The first-order valence-electron chi connectivity index (χ1n) is 45.9. The molecule has 7 aromatic rings. The van der Waals surface area contributed by atoms with Crippen molar-refractivity contribution in [3.05, 3.63) is 174 Å². The van der Waals surface area contributed by atoms with Crippen LogP contribution in [0.1, 0.15) is 338 Å². The van der Waals surface area contributed by atoms with Crippen LogP contribution in [0.3, 0.4) is 0 Å². The number of amides is 2. The lowest BCUT2D eigenvalue weighted by atomic mass is 9.98. The van der Waals surface area contributed by atoms with E-state index in [2.05, 4.69) is 99.5 Å². The minimum absolute atomic E-state index is 0.190. The van der Waals surface area contributed by atoms with Crippen LogP contribution in [0.5, 0.6) is 40.2 Å². The molecule has 0 aliphatic rings. The smallest absolute Gasteiger partial charge is 0.255 e. The first kappa shape index (κ1) is 95.4. The van der Waals surface area contributed by atoms with E-state index < -0.39 is 0 Å². The van der Waals surface area contributed by atoms with E-state index in [1.165, 1.54) is 193 Å². The average Bonchev–Trinajstić information content (AvgIpc) is 0.788. The molecule has 0 bridgehead atoms. The third kappa shape index (κ3) is 41.0. The number of unbranched alkanes of at least 4 members (excludes halogenated alkanes) is 27. The minimum Gasteiger partial charge on any atom is -0.494 e. The predicted molar refractivity (Wildman–Crippen MR) is 486 cm³/mol. The summed E-state index contributed by atoms with van der Waals surface area (Å²) in [4.78, 5) is 26.6. The van der Waals surface area contributed by atoms with E-state index in [1.807, 2.05) is 121 Å². The number of benzene rings is 7. The second-order valence-corrected chi connectivity index (χ2v) is 33.4. The van der Waals surface area contributed by atoms with Crippen LogP contribution in [0.25, 0.3) is 0 Å². The molecule has 2 unspecified atom stereocenters. The number of carbonyl (C=O) groups is 2. The van der Waals surface area contributed by atoms with Gasteiger partial charge in [-0.1, -0.05) is 274 Å². The maximum atomic E-state index is 13.3. The zero-order valence-electron chi connectivity index (χ0n) is 73.5. The first-order chi connectivity index (χ1) is 57.2. The topological polar surface area (TPSA) is 172 Å². The molecule has 0 aliphatic carbocycles. The van der Waals surface area contributed by atoms with Gasteiger partial charge in [0.05, 0.1) is 55.8 Å². The zero-order chi connectivity index (χ0) is 83.0. The Bertz CT molecular complexity index is 3570. The van der Waals surface area contributed by atoms with E-state index in [9.17, 15) is 9.59 Å². The lowest BCUT2D eigenvalue weighted by molar-refractivity contribution is 0.101. The molecule has 7 aromatic carbocycles. The molecule has 0 aromatic heterocycles. The standard InChI is InChI=1S/C102H148N6O9/c1-10-13-16-19-22-25-28-31-34-37-72-113-98-86(78-116-96-66-58-92(59-67-96)107-105-90-54-50-88(51-55-90)103-101(109)84-46-62-94(63-47-84)111-75-70-82(8)44-40-42-80(4)5)77-87(99(114-73-38-35-32-29-26-23-20-17-14-11-2)100(98)115-74-39-36-33-30-27-24-21-18-15-12-3)79-117-97-68-60-93(61-69-97)108-106-91-56-52-89(53-57-91)104-102(110)85-48-64-95(65-49-85)112-76-71-83(9)45-41-43-81(6)7/h46-69,77,80-83H,10-45,70-76,78-79H2,1-9H3,(H,103,109)(H,104,110). The summed E-state index contributed by atoms with van der Waals surface area (Å²) in [6.45, 7) is 23.8. The van der Waals surface area contributed by atoms with Gasteiger partial charge >= 0.3 is 0 Å². The zero-order valence-corrected chi connectivity index (χ0v) is 73.5. The van der Waals surface area contributed by atoms with Gasteiger partial charge in [-0.3, -0.25) is 9.59 Å². The third-order valence-electron chi connectivity index (χ3n) is 21.8. The largest absolute Gasteiger partial charge is 0.494 e. The summed E-state index contributed by atoms with van der Waals surface area (Å²) in [5, 5.41) is 24.3. The molecule has 0 spiro atoms. The molecular weight excluding hydrogens is 1450 g/mol. The van der Waals surface area contributed by atoms with Gasteiger partial charge in [0.1, 0.15) is 36.2 Å². The molecule has 0 saturated carbocycles. The number of hydrogen-bond acceptors (Lipinski definition) is 13. The molecule has 0 saturated heterocycles. The molecule has 2 amide bonds. The SMILES string of the molecule is CCCCCCCCCCCCOc1c(COc2ccc(N=Nc3ccc(NC(=O)c4ccc(OCCC(C)CCCC(C)C)cc4)cc3)cc2)cc(COc2ccc(N=Nc3ccc(NC(=O)c4ccc(OCCC(C)CCCC(C)C)cc4)cc3)cc2)c(OCCCCCCCCCCCC)c1OCCCCCCCCCCCC. The summed E-state index contributed by atoms with van der Waals surface area (Å²) >= 11 is 0. The Kier molecular flexibility index (Phi) is 48.1. The van der Waals surface area contributed by atoms with Crippen molar-refractivity contribution in [1.29, 1.82) is 0 Å². The molecule has 640 valence electrons. The maximum absolute atomic E-state index is 13.3. The number of azo groups is 2. The molecule has 2 atom stereocenters. The van der Waals surface area contributed by atoms with Gasteiger partial charge in [0, 0.05) is 33.6 Å². The van der Waals surface area contributed by atoms with Crippen LogP contribution in [0, 0.1) is 23.7 Å². The van der Waals surface area contributed by atoms with Crippen molar-refractivity contribution in [1.82, 2.24) is 0 Å². The van der Waals surface area contributed by atoms with Crippen molar-refractivity contribution < 1.29 is 42.7 Å². The molecule has 15 heteroatoms. The van der Waals surface area contributed by atoms with Crippen molar-refractivity contribution in [2.24, 2.45) is 44.1 Å². The van der Waals surface area contributed by atoms with Gasteiger partial charge in [0.15, 0.2) is 11.5 Å². The fraction of sp³-hybridized carbons (Fsp3) is 0.569. The van der Waals surface area contributed by atoms with Crippen molar-refractivity contribution in [3.63, 3.8) is 0 Å². The highest BCUT2D eigenvalue weighted by molar-refractivity contribution is 6.05. The van der Waals surface area contributed by atoms with Gasteiger partial charge in [0.2, 0.25) is 5.75 Å². The van der Waals surface area contributed by atoms with Gasteiger partial charge in [-0.2, -0.15) is 20.5 Å². The van der Waals surface area contributed by atoms with Crippen LogP contribution in [0.4, 0.5) is 34.1 Å². The van der Waals surface area contributed by atoms with Crippen molar-refractivity contribution in [2.45, 2.75) is 320 Å².